The smallest absolute Gasteiger partial charge is 0.243 e. The molecule has 220 valence electrons. The predicted molar refractivity (Wildman–Crippen MR) is 163 cm³/mol. The largest absolute Gasteiger partial charge is 0.497 e. The van der Waals surface area contributed by atoms with Crippen LogP contribution in [0.3, 0.4) is 0 Å². The van der Waals surface area contributed by atoms with Gasteiger partial charge in [0.1, 0.15) is 11.8 Å². The molecular weight excluding hydrogens is 538 g/mol. The maximum Gasteiger partial charge on any atom is 0.243 e. The zero-order chi connectivity index (χ0) is 29.8. The average Bonchev–Trinajstić information content (AvgIpc) is 2.96. The Morgan fingerprint density at radius 3 is 2.29 bits per heavy atom. The van der Waals surface area contributed by atoms with Crippen molar-refractivity contribution in [3.8, 4) is 5.75 Å². The third-order valence-corrected chi connectivity index (χ3v) is 8.02. The van der Waals surface area contributed by atoms with E-state index in [1.165, 1.54) is 10.6 Å². The summed E-state index contributed by atoms with van der Waals surface area (Å²) in [7, 11) is -1.98. The molecule has 9 heteroatoms. The van der Waals surface area contributed by atoms with Crippen LogP contribution in [0.1, 0.15) is 42.9 Å². The van der Waals surface area contributed by atoms with Crippen LogP contribution in [-0.2, 0) is 32.6 Å². The van der Waals surface area contributed by atoms with Gasteiger partial charge in [0.05, 0.1) is 19.1 Å². The highest BCUT2D eigenvalue weighted by atomic mass is 32.2. The number of methoxy groups -OCH3 is 1. The maximum atomic E-state index is 13.9. The van der Waals surface area contributed by atoms with Gasteiger partial charge in [0.2, 0.25) is 21.8 Å². The molecule has 8 nitrogen and oxygen atoms in total. The lowest BCUT2D eigenvalue weighted by Crippen LogP contribution is -2.50. The maximum absolute atomic E-state index is 13.9. The first kappa shape index (κ1) is 31.7. The topological polar surface area (TPSA) is 96.0 Å². The molecule has 0 radical (unpaired) electrons. The van der Waals surface area contributed by atoms with Gasteiger partial charge in [-0.25, -0.2) is 8.42 Å². The molecule has 0 saturated heterocycles. The van der Waals surface area contributed by atoms with Gasteiger partial charge in [0, 0.05) is 32.5 Å². The van der Waals surface area contributed by atoms with Gasteiger partial charge in [-0.2, -0.15) is 0 Å². The van der Waals surface area contributed by atoms with E-state index in [4.69, 9.17) is 4.74 Å². The average molecular weight is 580 g/mol. The van der Waals surface area contributed by atoms with Crippen LogP contribution in [0.15, 0.2) is 78.9 Å². The molecule has 3 rings (SSSR count). The highest BCUT2D eigenvalue weighted by Gasteiger charge is 2.30. The van der Waals surface area contributed by atoms with E-state index < -0.39 is 16.1 Å². The van der Waals surface area contributed by atoms with E-state index in [1.54, 1.807) is 24.1 Å². The van der Waals surface area contributed by atoms with E-state index in [2.05, 4.69) is 5.32 Å². The van der Waals surface area contributed by atoms with Crippen LogP contribution in [0.5, 0.6) is 5.75 Å². The first-order valence-electron chi connectivity index (χ1n) is 13.9. The van der Waals surface area contributed by atoms with Crippen molar-refractivity contribution in [3.05, 3.63) is 95.6 Å². The second kappa shape index (κ2) is 15.2. The minimum Gasteiger partial charge on any atom is -0.497 e. The molecule has 1 N–H and O–H groups in total. The van der Waals surface area contributed by atoms with E-state index in [0.29, 0.717) is 30.8 Å². The highest BCUT2D eigenvalue weighted by Crippen LogP contribution is 2.24. The van der Waals surface area contributed by atoms with Crippen molar-refractivity contribution in [3.63, 3.8) is 0 Å². The fourth-order valence-electron chi connectivity index (χ4n) is 4.71. The molecule has 41 heavy (non-hydrogen) atoms. The molecule has 0 heterocycles. The van der Waals surface area contributed by atoms with Crippen molar-refractivity contribution in [1.82, 2.24) is 10.2 Å². The Kier molecular flexibility index (Phi) is 11.8. The van der Waals surface area contributed by atoms with Crippen LogP contribution >= 0.6 is 0 Å². The van der Waals surface area contributed by atoms with Crippen molar-refractivity contribution >= 4 is 27.5 Å². The van der Waals surface area contributed by atoms with Gasteiger partial charge < -0.3 is 15.0 Å². The quantitative estimate of drug-likeness (QED) is 0.281. The standard InChI is InChI=1S/C32H41N3O5S/c1-5-20-33-32(37)30(23-26-14-7-6-8-15-26)34(24-27-16-11-17-28(22-27)40-3)31(36)19-12-21-35(41(4,38)39)29-18-10-9-13-25(29)2/h6-11,13-18,22,30H,5,12,19-21,23-24H2,1-4H3,(H,33,37)/t30-/m1/s1. The summed E-state index contributed by atoms with van der Waals surface area (Å²) >= 11 is 0. The molecule has 0 fully saturated rings. The number of nitrogens with one attached hydrogen (secondary N) is 1. The molecule has 0 aliphatic carbocycles. The first-order chi connectivity index (χ1) is 19.6. The number of rotatable bonds is 15. The fraction of sp³-hybridized carbons (Fsp3) is 0.375. The van der Waals surface area contributed by atoms with E-state index in [1.807, 2.05) is 80.6 Å². The number of carbonyl (C=O) groups is 2. The summed E-state index contributed by atoms with van der Waals surface area (Å²) < 4.78 is 32.1. The van der Waals surface area contributed by atoms with E-state index >= 15 is 0 Å². The molecule has 0 aromatic heterocycles. The van der Waals surface area contributed by atoms with Crippen molar-refractivity contribution in [1.29, 1.82) is 0 Å². The van der Waals surface area contributed by atoms with Gasteiger partial charge >= 0.3 is 0 Å². The summed E-state index contributed by atoms with van der Waals surface area (Å²) in [6.07, 6.45) is 2.67. The number of carbonyl (C=O) groups excluding carboxylic acids is 2. The van der Waals surface area contributed by atoms with Gasteiger partial charge in [0.25, 0.3) is 0 Å². The van der Waals surface area contributed by atoms with Crippen LogP contribution in [0.25, 0.3) is 0 Å². The lowest BCUT2D eigenvalue weighted by Gasteiger charge is -2.32. The second-order valence-corrected chi connectivity index (χ2v) is 12.0. The Morgan fingerprint density at radius 1 is 0.951 bits per heavy atom. The van der Waals surface area contributed by atoms with Gasteiger partial charge in [-0.05, 0) is 54.7 Å². The van der Waals surface area contributed by atoms with Gasteiger partial charge in [-0.15, -0.1) is 0 Å². The number of hydrogen-bond acceptors (Lipinski definition) is 5. The summed E-state index contributed by atoms with van der Waals surface area (Å²) in [6.45, 7) is 4.70. The number of para-hydroxylation sites is 1. The van der Waals surface area contributed by atoms with Gasteiger partial charge in [-0.1, -0.05) is 67.6 Å². The van der Waals surface area contributed by atoms with Crippen LogP contribution in [0.2, 0.25) is 0 Å². The lowest BCUT2D eigenvalue weighted by molar-refractivity contribution is -0.141. The summed E-state index contributed by atoms with van der Waals surface area (Å²) in [4.78, 5) is 29.0. The third kappa shape index (κ3) is 9.35. The normalized spacial score (nSPS) is 11.9. The van der Waals surface area contributed by atoms with Crippen molar-refractivity contribution in [2.24, 2.45) is 0 Å². The van der Waals surface area contributed by atoms with Gasteiger partial charge in [0.15, 0.2) is 0 Å². The zero-order valence-corrected chi connectivity index (χ0v) is 25.2. The monoisotopic (exact) mass is 579 g/mol. The molecule has 0 aliphatic rings. The zero-order valence-electron chi connectivity index (χ0n) is 24.4. The number of nitrogens with zero attached hydrogens (tertiary/aromatic N) is 2. The number of aryl methyl sites for hydroxylation is 1. The third-order valence-electron chi connectivity index (χ3n) is 6.84. The molecule has 2 amide bonds. The Balaban J connectivity index is 1.89. The molecule has 0 spiro atoms. The number of ether oxygens (including phenoxy) is 1. The van der Waals surface area contributed by atoms with E-state index in [0.717, 1.165) is 23.1 Å². The number of anilines is 1. The van der Waals surface area contributed by atoms with Crippen molar-refractivity contribution < 1.29 is 22.7 Å². The van der Waals surface area contributed by atoms with Crippen molar-refractivity contribution in [2.45, 2.75) is 52.1 Å². The molecule has 0 unspecified atom stereocenters. The minimum absolute atomic E-state index is 0.0776. The van der Waals surface area contributed by atoms with Gasteiger partial charge in [-0.3, -0.25) is 13.9 Å². The summed E-state index contributed by atoms with van der Waals surface area (Å²) in [5.74, 6) is 0.218. The Morgan fingerprint density at radius 2 is 1.63 bits per heavy atom. The minimum atomic E-state index is -3.57. The molecular formula is C32H41N3O5S. The van der Waals surface area contributed by atoms with Crippen LogP contribution in [-0.4, -0.2) is 57.6 Å². The second-order valence-electron chi connectivity index (χ2n) is 10.1. The number of hydrogen-bond donors (Lipinski definition) is 1. The van der Waals surface area contributed by atoms with Crippen LogP contribution < -0.4 is 14.4 Å². The molecule has 0 bridgehead atoms. The SMILES string of the molecule is CCCNC(=O)[C@@H](Cc1ccccc1)N(Cc1cccc(OC)c1)C(=O)CCCN(c1ccccc1C)S(C)(=O)=O. The van der Waals surface area contributed by atoms with E-state index in [-0.39, 0.29) is 31.3 Å². The summed E-state index contributed by atoms with van der Waals surface area (Å²) in [6, 6.07) is 23.6. The van der Waals surface area contributed by atoms with Crippen molar-refractivity contribution in [2.75, 3.05) is 30.8 Å². The molecule has 1 atom stereocenters. The number of amides is 2. The lowest BCUT2D eigenvalue weighted by atomic mass is 10.0. The molecule has 0 saturated carbocycles. The fourth-order valence-corrected chi connectivity index (χ4v) is 5.74. The highest BCUT2D eigenvalue weighted by molar-refractivity contribution is 7.92. The molecule has 0 aliphatic heterocycles. The Bertz CT molecular complexity index is 1400. The molecule has 3 aromatic carbocycles. The Labute approximate surface area is 244 Å². The summed E-state index contributed by atoms with van der Waals surface area (Å²) in [5.41, 5.74) is 3.20. The van der Waals surface area contributed by atoms with Crippen LogP contribution in [0, 0.1) is 6.92 Å². The summed E-state index contributed by atoms with van der Waals surface area (Å²) in [5, 5.41) is 2.97. The Hall–Kier alpha value is -3.85. The first-order valence-corrected chi connectivity index (χ1v) is 15.8. The van der Waals surface area contributed by atoms with Crippen LogP contribution in [0.4, 0.5) is 5.69 Å². The number of benzene rings is 3. The predicted octanol–water partition coefficient (Wildman–Crippen LogP) is 4.72. The number of sulfonamides is 1. The van der Waals surface area contributed by atoms with E-state index in [9.17, 15) is 18.0 Å². The molecule has 3 aromatic rings.